The van der Waals surface area contributed by atoms with Crippen LogP contribution in [0.25, 0.3) is 5.52 Å². The van der Waals surface area contributed by atoms with E-state index in [1.807, 2.05) is 0 Å². The highest BCUT2D eigenvalue weighted by molar-refractivity contribution is 7.51. The summed E-state index contributed by atoms with van der Waals surface area (Å²) in [5.74, 6) is -2.31. The van der Waals surface area contributed by atoms with Gasteiger partial charge in [-0.3, -0.25) is 23.4 Å². The van der Waals surface area contributed by atoms with E-state index in [9.17, 15) is 29.0 Å². The molecule has 2 aromatic heterocycles. The maximum absolute atomic E-state index is 14.2. The molecule has 0 amide bonds. The summed E-state index contributed by atoms with van der Waals surface area (Å²) in [6, 6.07) is 3.76. The van der Waals surface area contributed by atoms with Gasteiger partial charge in [-0.25, -0.2) is 23.9 Å². The lowest BCUT2D eigenvalue weighted by atomic mass is 9.90. The van der Waals surface area contributed by atoms with Gasteiger partial charge in [0.15, 0.2) is 18.0 Å². The predicted octanol–water partition coefficient (Wildman–Crippen LogP) is 3.94. The monoisotopic (exact) mass is 768 g/mol. The first-order chi connectivity index (χ1) is 24.4. The van der Waals surface area contributed by atoms with Crippen molar-refractivity contribution < 1.29 is 61.2 Å². The number of carbonyl (C=O) groups excluding carboxylic acids is 4. The van der Waals surface area contributed by atoms with Crippen LogP contribution in [-0.4, -0.2) is 88.6 Å². The molecular formula is C33H49N6O13P. The Balaban J connectivity index is 2.13. The maximum atomic E-state index is 14.2. The lowest BCUT2D eigenvalue weighted by Crippen LogP contribution is -2.48. The van der Waals surface area contributed by atoms with E-state index in [0.717, 1.165) is 6.33 Å². The standard InChI is InChI=1S/C33H49N6O13P/c1-18(2)48-27(40)20(5)38-53(44,47-17-45-30(43)49-19(3)4)46-14-22-24(50-28(41)31(6,7)8)25(51-29(42)32(9,10)11)33(15-34,52-22)23-13-12-21-26(35)36-16-37-39(21)23/h12-13,16,18-20,22,24-25H,14,17H2,1-11H3,(H,38,44)(H2,35,36,37)/t20-,22+,24+,25+,33-,53?/m0/s1. The third-order valence-corrected chi connectivity index (χ3v) is 8.97. The number of nitriles is 1. The van der Waals surface area contributed by atoms with Gasteiger partial charge in [-0.1, -0.05) is 0 Å². The van der Waals surface area contributed by atoms with E-state index in [1.54, 1.807) is 69.2 Å². The molecule has 1 unspecified atom stereocenters. The maximum Gasteiger partial charge on any atom is 0.510 e. The summed E-state index contributed by atoms with van der Waals surface area (Å²) in [4.78, 5) is 55.6. The molecule has 19 nitrogen and oxygen atoms in total. The number of nitrogens with zero attached hydrogens (tertiary/aromatic N) is 4. The number of ether oxygens (including phenoxy) is 6. The summed E-state index contributed by atoms with van der Waals surface area (Å²) in [6.07, 6.45) is -5.82. The molecule has 53 heavy (non-hydrogen) atoms. The van der Waals surface area contributed by atoms with E-state index < -0.39 is 98.2 Å². The molecule has 20 heteroatoms. The Morgan fingerprint density at radius 3 is 2.17 bits per heavy atom. The highest BCUT2D eigenvalue weighted by Crippen LogP contribution is 2.49. The number of esters is 3. The van der Waals surface area contributed by atoms with Crippen LogP contribution >= 0.6 is 7.75 Å². The van der Waals surface area contributed by atoms with Gasteiger partial charge in [0.05, 0.1) is 35.3 Å². The van der Waals surface area contributed by atoms with Gasteiger partial charge in [-0.05, 0) is 88.3 Å². The molecule has 3 rings (SSSR count). The molecule has 3 heterocycles. The smallest absolute Gasteiger partial charge is 0.462 e. The van der Waals surface area contributed by atoms with Crippen molar-refractivity contribution in [2.45, 2.75) is 118 Å². The Kier molecular flexibility index (Phi) is 13.6. The predicted molar refractivity (Wildman–Crippen MR) is 184 cm³/mol. The Bertz CT molecular complexity index is 1740. The average molecular weight is 769 g/mol. The van der Waals surface area contributed by atoms with Crippen molar-refractivity contribution in [1.29, 1.82) is 5.26 Å². The van der Waals surface area contributed by atoms with Crippen molar-refractivity contribution in [2.75, 3.05) is 19.1 Å². The summed E-state index contributed by atoms with van der Waals surface area (Å²) in [5.41, 5.74) is 1.92. The molecule has 294 valence electrons. The zero-order valence-electron chi connectivity index (χ0n) is 31.7. The van der Waals surface area contributed by atoms with Gasteiger partial charge in [0.1, 0.15) is 30.1 Å². The first-order valence-corrected chi connectivity index (χ1v) is 18.3. The van der Waals surface area contributed by atoms with Crippen molar-refractivity contribution in [3.05, 3.63) is 24.2 Å². The van der Waals surface area contributed by atoms with Crippen molar-refractivity contribution in [3.63, 3.8) is 0 Å². The molecule has 0 bridgehead atoms. The zero-order chi connectivity index (χ0) is 40.1. The number of nitrogens with two attached hydrogens (primary N) is 1. The Morgan fingerprint density at radius 2 is 1.60 bits per heavy atom. The molecule has 0 radical (unpaired) electrons. The van der Waals surface area contributed by atoms with Gasteiger partial charge in [-0.15, -0.1) is 0 Å². The van der Waals surface area contributed by atoms with Gasteiger partial charge < -0.3 is 34.2 Å². The second-order valence-electron chi connectivity index (χ2n) is 14.8. The van der Waals surface area contributed by atoms with E-state index in [0.29, 0.717) is 0 Å². The number of hydrogen-bond acceptors (Lipinski definition) is 17. The fourth-order valence-corrected chi connectivity index (χ4v) is 6.01. The van der Waals surface area contributed by atoms with Gasteiger partial charge in [0.25, 0.3) is 0 Å². The molecule has 0 spiro atoms. The third-order valence-electron chi connectivity index (χ3n) is 7.33. The number of nitrogens with one attached hydrogen (secondary N) is 1. The molecule has 6 atom stereocenters. The summed E-state index contributed by atoms with van der Waals surface area (Å²) < 4.78 is 59.8. The van der Waals surface area contributed by atoms with Crippen LogP contribution in [0.1, 0.15) is 81.9 Å². The number of anilines is 1. The quantitative estimate of drug-likeness (QED) is 0.119. The SMILES string of the molecule is CC(C)OC(=O)OCOP(=O)(N[C@@H](C)C(=O)OC(C)C)OC[C@H]1O[C@@](C#N)(c2ccc3c(N)ncnn23)[C@H](OC(=O)C(C)(C)C)[C@@H]1OC(=O)C(C)(C)C. The van der Waals surface area contributed by atoms with Crippen molar-refractivity contribution in [3.8, 4) is 6.07 Å². The van der Waals surface area contributed by atoms with Gasteiger partial charge in [-0.2, -0.15) is 10.4 Å². The van der Waals surface area contributed by atoms with Crippen molar-refractivity contribution >= 4 is 43.1 Å². The van der Waals surface area contributed by atoms with Crippen LogP contribution in [0.15, 0.2) is 18.5 Å². The van der Waals surface area contributed by atoms with Crippen molar-refractivity contribution in [1.82, 2.24) is 19.7 Å². The summed E-state index contributed by atoms with van der Waals surface area (Å²) >= 11 is 0. The van der Waals surface area contributed by atoms with E-state index in [2.05, 4.69) is 21.2 Å². The molecular weight excluding hydrogens is 719 g/mol. The van der Waals surface area contributed by atoms with Crippen LogP contribution in [0.5, 0.6) is 0 Å². The zero-order valence-corrected chi connectivity index (χ0v) is 32.6. The van der Waals surface area contributed by atoms with E-state index >= 15 is 0 Å². The summed E-state index contributed by atoms with van der Waals surface area (Å²) in [6.45, 7) is 15.5. The van der Waals surface area contributed by atoms with Gasteiger partial charge >= 0.3 is 31.8 Å². The largest absolute Gasteiger partial charge is 0.510 e. The lowest BCUT2D eigenvalue weighted by Gasteiger charge is -2.32. The number of hydrogen-bond donors (Lipinski definition) is 2. The Hall–Kier alpha value is -4.34. The lowest BCUT2D eigenvalue weighted by molar-refractivity contribution is -0.179. The van der Waals surface area contributed by atoms with Crippen LogP contribution in [0, 0.1) is 22.2 Å². The third kappa shape index (κ3) is 10.6. The minimum atomic E-state index is -4.68. The first-order valence-electron chi connectivity index (χ1n) is 16.7. The minimum Gasteiger partial charge on any atom is -0.462 e. The van der Waals surface area contributed by atoms with E-state index in [4.69, 9.17) is 43.2 Å². The average Bonchev–Trinajstić information content (AvgIpc) is 3.59. The fourth-order valence-electron chi connectivity index (χ4n) is 4.67. The Morgan fingerprint density at radius 1 is 1.00 bits per heavy atom. The number of carbonyl (C=O) groups is 4. The minimum absolute atomic E-state index is 0.0230. The number of rotatable bonds is 14. The summed E-state index contributed by atoms with van der Waals surface area (Å²) in [7, 11) is -4.68. The van der Waals surface area contributed by atoms with Crippen LogP contribution in [0.2, 0.25) is 0 Å². The van der Waals surface area contributed by atoms with E-state index in [1.165, 1.54) is 23.6 Å². The molecule has 1 aliphatic rings. The highest BCUT2D eigenvalue weighted by atomic mass is 31.2. The van der Waals surface area contributed by atoms with Crippen LogP contribution in [0.3, 0.4) is 0 Å². The van der Waals surface area contributed by atoms with E-state index in [-0.39, 0.29) is 17.0 Å². The Labute approximate surface area is 307 Å². The molecule has 0 aromatic carbocycles. The molecule has 3 N–H and O–H groups in total. The molecule has 1 fully saturated rings. The highest BCUT2D eigenvalue weighted by Gasteiger charge is 2.63. The first kappa shape index (κ1) is 43.1. The molecule has 0 saturated carbocycles. The molecule has 1 saturated heterocycles. The van der Waals surface area contributed by atoms with Gasteiger partial charge in [0, 0.05) is 0 Å². The van der Waals surface area contributed by atoms with Crippen LogP contribution in [0.4, 0.5) is 10.6 Å². The number of fused-ring (bicyclic) bond motifs is 1. The molecule has 2 aromatic rings. The number of nitrogen functional groups attached to an aromatic ring is 1. The number of aromatic nitrogens is 3. The molecule has 1 aliphatic heterocycles. The van der Waals surface area contributed by atoms with Gasteiger partial charge in [0.2, 0.25) is 12.4 Å². The normalized spacial score (nSPS) is 22.2. The second-order valence-corrected chi connectivity index (χ2v) is 16.6. The van der Waals surface area contributed by atoms with Crippen molar-refractivity contribution in [2.24, 2.45) is 10.8 Å². The van der Waals surface area contributed by atoms with Crippen LogP contribution < -0.4 is 10.8 Å². The second kappa shape index (κ2) is 16.8. The topological polar surface area (TPSA) is 251 Å². The summed E-state index contributed by atoms with van der Waals surface area (Å²) in [5, 5.41) is 17.6. The fraction of sp³-hybridized carbons (Fsp3) is 0.667. The molecule has 0 aliphatic carbocycles. The van der Waals surface area contributed by atoms with Crippen LogP contribution in [-0.2, 0) is 62.0 Å².